The molecule has 0 bridgehead atoms. The van der Waals surface area contributed by atoms with Crippen LogP contribution < -0.4 is 4.90 Å². The Morgan fingerprint density at radius 2 is 1.74 bits per heavy atom. The van der Waals surface area contributed by atoms with E-state index in [4.69, 9.17) is 4.42 Å². The zero-order valence-corrected chi connectivity index (χ0v) is 20.5. The van der Waals surface area contributed by atoms with E-state index in [2.05, 4.69) is 54.8 Å². The number of nitrogens with zero attached hydrogens (tertiary/aromatic N) is 4. The predicted octanol–water partition coefficient (Wildman–Crippen LogP) is 4.87. The van der Waals surface area contributed by atoms with Gasteiger partial charge < -0.3 is 14.2 Å². The lowest BCUT2D eigenvalue weighted by molar-refractivity contribution is -0.384. The van der Waals surface area contributed by atoms with Gasteiger partial charge in [0.1, 0.15) is 5.76 Å². The molecule has 0 N–H and O–H groups in total. The molecule has 1 fully saturated rings. The van der Waals surface area contributed by atoms with Gasteiger partial charge in [-0.15, -0.1) is 0 Å². The van der Waals surface area contributed by atoms with E-state index in [9.17, 15) is 14.9 Å². The number of hydrogen-bond acceptors (Lipinski definition) is 6. The zero-order chi connectivity index (χ0) is 24.9. The monoisotopic (exact) mass is 476 g/mol. The van der Waals surface area contributed by atoms with E-state index in [1.165, 1.54) is 23.3 Å². The van der Waals surface area contributed by atoms with Crippen LogP contribution in [0.15, 0.2) is 65.1 Å². The molecule has 0 saturated carbocycles. The van der Waals surface area contributed by atoms with Crippen molar-refractivity contribution in [3.05, 3.63) is 93.4 Å². The van der Waals surface area contributed by atoms with E-state index >= 15 is 0 Å². The molecule has 3 aromatic rings. The van der Waals surface area contributed by atoms with E-state index < -0.39 is 4.92 Å². The molecule has 2 aromatic carbocycles. The number of amides is 1. The van der Waals surface area contributed by atoms with E-state index in [1.54, 1.807) is 23.1 Å². The minimum absolute atomic E-state index is 0.0751. The summed E-state index contributed by atoms with van der Waals surface area (Å²) >= 11 is 0. The number of anilines is 1. The van der Waals surface area contributed by atoms with Crippen molar-refractivity contribution in [1.29, 1.82) is 0 Å². The van der Waals surface area contributed by atoms with Crippen LogP contribution in [0.1, 0.15) is 41.3 Å². The fourth-order valence-corrected chi connectivity index (χ4v) is 4.35. The minimum Gasteiger partial charge on any atom is -0.455 e. The molecule has 1 aliphatic heterocycles. The second-order valence-corrected chi connectivity index (χ2v) is 9.31. The Labute approximate surface area is 205 Å². The number of benzene rings is 2. The Hall–Kier alpha value is -3.65. The maximum atomic E-state index is 13.0. The summed E-state index contributed by atoms with van der Waals surface area (Å²) in [6.45, 7) is 10.3. The number of nitro benzene ring substituents is 1. The molecule has 0 aliphatic carbocycles. The molecule has 1 aliphatic rings. The predicted molar refractivity (Wildman–Crippen MR) is 135 cm³/mol. The highest BCUT2D eigenvalue weighted by molar-refractivity contribution is 5.91. The summed E-state index contributed by atoms with van der Waals surface area (Å²) in [4.78, 5) is 29.8. The fraction of sp³-hybridized carbons (Fsp3) is 0.370. The first-order chi connectivity index (χ1) is 16.8. The SMILES string of the molecule is Cc1cccc(CN(Cc2ccc(C(=O)N3CCN(c4ccc([N+](=O)[O-])cc4)CC3)o2)C(C)C)c1. The summed E-state index contributed by atoms with van der Waals surface area (Å²) in [5, 5.41) is 10.9. The van der Waals surface area contributed by atoms with Crippen molar-refractivity contribution >= 4 is 17.3 Å². The first kappa shape index (κ1) is 24.5. The molecule has 1 amide bonds. The van der Waals surface area contributed by atoms with Gasteiger partial charge in [-0.2, -0.15) is 0 Å². The summed E-state index contributed by atoms with van der Waals surface area (Å²) in [7, 11) is 0. The smallest absolute Gasteiger partial charge is 0.289 e. The largest absolute Gasteiger partial charge is 0.455 e. The van der Waals surface area contributed by atoms with E-state index in [-0.39, 0.29) is 11.6 Å². The summed E-state index contributed by atoms with van der Waals surface area (Å²) in [6.07, 6.45) is 0. The van der Waals surface area contributed by atoms with Crippen LogP contribution in [0.5, 0.6) is 0 Å². The van der Waals surface area contributed by atoms with Crippen LogP contribution in [0.4, 0.5) is 11.4 Å². The van der Waals surface area contributed by atoms with E-state index in [1.807, 2.05) is 6.07 Å². The number of aryl methyl sites for hydroxylation is 1. The number of carbonyl (C=O) groups excluding carboxylic acids is 1. The van der Waals surface area contributed by atoms with Gasteiger partial charge in [0.2, 0.25) is 0 Å². The van der Waals surface area contributed by atoms with Gasteiger partial charge in [-0.25, -0.2) is 0 Å². The Bertz CT molecular complexity index is 1160. The standard InChI is InChI=1S/C27H32N4O4/c1-20(2)30(18-22-6-4-5-21(3)17-22)19-25-11-12-26(35-25)27(32)29-15-13-28(14-16-29)23-7-9-24(10-8-23)31(33)34/h4-12,17,20H,13-16,18-19H2,1-3H3. The molecule has 184 valence electrons. The van der Waals surface area contributed by atoms with E-state index in [0.29, 0.717) is 44.5 Å². The van der Waals surface area contributed by atoms with Gasteiger partial charge in [0, 0.05) is 56.6 Å². The van der Waals surface area contributed by atoms with Crippen molar-refractivity contribution in [3.63, 3.8) is 0 Å². The molecule has 8 heteroatoms. The maximum Gasteiger partial charge on any atom is 0.289 e. The number of non-ortho nitro benzene ring substituents is 1. The fourth-order valence-electron chi connectivity index (χ4n) is 4.35. The van der Waals surface area contributed by atoms with Gasteiger partial charge in [-0.3, -0.25) is 19.8 Å². The number of carbonyl (C=O) groups is 1. The first-order valence-corrected chi connectivity index (χ1v) is 12.0. The van der Waals surface area contributed by atoms with Crippen LogP contribution in [-0.4, -0.2) is 52.9 Å². The second-order valence-electron chi connectivity index (χ2n) is 9.31. The number of furan rings is 1. The molecule has 2 heterocycles. The van der Waals surface area contributed by atoms with Gasteiger partial charge in [0.25, 0.3) is 11.6 Å². The normalized spacial score (nSPS) is 14.1. The summed E-state index contributed by atoms with van der Waals surface area (Å²) in [5.74, 6) is 1.04. The Morgan fingerprint density at radius 3 is 2.37 bits per heavy atom. The highest BCUT2D eigenvalue weighted by Crippen LogP contribution is 2.22. The first-order valence-electron chi connectivity index (χ1n) is 12.0. The van der Waals surface area contributed by atoms with Crippen LogP contribution in [0, 0.1) is 17.0 Å². The molecular formula is C27H32N4O4. The molecule has 35 heavy (non-hydrogen) atoms. The Morgan fingerprint density at radius 1 is 1.03 bits per heavy atom. The highest BCUT2D eigenvalue weighted by atomic mass is 16.6. The number of hydrogen-bond donors (Lipinski definition) is 0. The third-order valence-electron chi connectivity index (χ3n) is 6.42. The van der Waals surface area contributed by atoms with Crippen molar-refractivity contribution < 1.29 is 14.1 Å². The Balaban J connectivity index is 1.34. The Kier molecular flexibility index (Phi) is 7.51. The highest BCUT2D eigenvalue weighted by Gasteiger charge is 2.25. The van der Waals surface area contributed by atoms with Crippen molar-refractivity contribution in [1.82, 2.24) is 9.80 Å². The number of piperazine rings is 1. The maximum absolute atomic E-state index is 13.0. The summed E-state index contributed by atoms with van der Waals surface area (Å²) in [5.41, 5.74) is 3.50. The van der Waals surface area contributed by atoms with Crippen molar-refractivity contribution in [2.24, 2.45) is 0 Å². The van der Waals surface area contributed by atoms with Gasteiger partial charge in [0.15, 0.2) is 5.76 Å². The molecule has 1 saturated heterocycles. The van der Waals surface area contributed by atoms with Crippen molar-refractivity contribution in [2.75, 3.05) is 31.1 Å². The van der Waals surface area contributed by atoms with Gasteiger partial charge in [-0.1, -0.05) is 29.8 Å². The van der Waals surface area contributed by atoms with Gasteiger partial charge in [-0.05, 0) is 50.6 Å². The van der Waals surface area contributed by atoms with Crippen LogP contribution in [0.25, 0.3) is 0 Å². The molecular weight excluding hydrogens is 444 g/mol. The second kappa shape index (κ2) is 10.7. The lowest BCUT2D eigenvalue weighted by atomic mass is 10.1. The van der Waals surface area contributed by atoms with E-state index in [0.717, 1.165) is 18.0 Å². The van der Waals surface area contributed by atoms with Gasteiger partial charge in [0.05, 0.1) is 11.5 Å². The topological polar surface area (TPSA) is 83.1 Å². The molecule has 0 radical (unpaired) electrons. The quantitative estimate of drug-likeness (QED) is 0.341. The number of rotatable bonds is 8. The average Bonchev–Trinajstić information content (AvgIpc) is 3.32. The molecule has 4 rings (SSSR count). The molecule has 8 nitrogen and oxygen atoms in total. The average molecular weight is 477 g/mol. The third-order valence-corrected chi connectivity index (χ3v) is 6.42. The molecule has 0 atom stereocenters. The van der Waals surface area contributed by atoms with Gasteiger partial charge >= 0.3 is 0 Å². The summed E-state index contributed by atoms with van der Waals surface area (Å²) < 4.78 is 5.98. The van der Waals surface area contributed by atoms with Crippen LogP contribution >= 0.6 is 0 Å². The lowest BCUT2D eigenvalue weighted by Crippen LogP contribution is -2.48. The third kappa shape index (κ3) is 6.08. The zero-order valence-electron chi connectivity index (χ0n) is 20.5. The van der Waals surface area contributed by atoms with Crippen molar-refractivity contribution in [3.8, 4) is 0 Å². The lowest BCUT2D eigenvalue weighted by Gasteiger charge is -2.35. The molecule has 0 spiro atoms. The van der Waals surface area contributed by atoms with Crippen LogP contribution in [-0.2, 0) is 13.1 Å². The summed E-state index contributed by atoms with van der Waals surface area (Å²) in [6, 6.07) is 19.0. The van der Waals surface area contributed by atoms with Crippen molar-refractivity contribution in [2.45, 2.75) is 39.9 Å². The molecule has 1 aromatic heterocycles. The molecule has 0 unspecified atom stereocenters. The number of nitro groups is 1. The minimum atomic E-state index is -0.402. The van der Waals surface area contributed by atoms with Crippen LogP contribution in [0.2, 0.25) is 0 Å². The van der Waals surface area contributed by atoms with Crippen LogP contribution in [0.3, 0.4) is 0 Å².